The van der Waals surface area contributed by atoms with Gasteiger partial charge in [0.2, 0.25) is 0 Å². The molecule has 0 aliphatic heterocycles. The van der Waals surface area contributed by atoms with Gasteiger partial charge in [-0.3, -0.25) is 14.5 Å². The van der Waals surface area contributed by atoms with Crippen LogP contribution in [0.1, 0.15) is 36.2 Å². The van der Waals surface area contributed by atoms with Gasteiger partial charge in [0.1, 0.15) is 0 Å². The highest BCUT2D eigenvalue weighted by Crippen LogP contribution is 2.29. The number of hydrogen-bond donors (Lipinski definition) is 1. The van der Waals surface area contributed by atoms with E-state index in [0.29, 0.717) is 0 Å². The van der Waals surface area contributed by atoms with Crippen molar-refractivity contribution in [3.8, 4) is 11.1 Å². The molecule has 0 bridgehead atoms. The molecule has 5 nitrogen and oxygen atoms in total. The van der Waals surface area contributed by atoms with Gasteiger partial charge in [-0.1, -0.05) is 6.92 Å². The Morgan fingerprint density at radius 1 is 1.40 bits per heavy atom. The predicted octanol–water partition coefficient (Wildman–Crippen LogP) is 2.68. The maximum absolute atomic E-state index is 10.8. The van der Waals surface area contributed by atoms with Crippen LogP contribution in [0.3, 0.4) is 0 Å². The first-order valence-electron chi connectivity index (χ1n) is 6.57. The molecule has 20 heavy (non-hydrogen) atoms. The number of aliphatic carboxylic acids is 1. The smallest absolute Gasteiger partial charge is 0.303 e. The second-order valence-electron chi connectivity index (χ2n) is 5.18. The summed E-state index contributed by atoms with van der Waals surface area (Å²) in [4.78, 5) is 15.1. The second kappa shape index (κ2) is 5.45. The fraction of sp³-hybridized carbons (Fsp3) is 0.400. The first-order valence-corrected chi connectivity index (χ1v) is 6.57. The molecule has 2 heterocycles. The maximum atomic E-state index is 10.8. The Hall–Kier alpha value is -2.17. The molecule has 0 spiro atoms. The highest BCUT2D eigenvalue weighted by Gasteiger charge is 2.15. The fourth-order valence-electron chi connectivity index (χ4n) is 2.44. The number of aromatic nitrogens is 3. The zero-order chi connectivity index (χ0) is 14.9. The minimum atomic E-state index is -0.795. The van der Waals surface area contributed by atoms with Crippen molar-refractivity contribution in [3.63, 3.8) is 0 Å². The molecule has 0 fully saturated rings. The topological polar surface area (TPSA) is 68.0 Å². The Labute approximate surface area is 118 Å². The molecule has 2 rings (SSSR count). The van der Waals surface area contributed by atoms with E-state index in [9.17, 15) is 4.79 Å². The van der Waals surface area contributed by atoms with Gasteiger partial charge >= 0.3 is 5.97 Å². The summed E-state index contributed by atoms with van der Waals surface area (Å²) in [6, 6.07) is 2.01. The quantitative estimate of drug-likeness (QED) is 0.930. The van der Waals surface area contributed by atoms with E-state index < -0.39 is 5.97 Å². The Morgan fingerprint density at radius 2 is 2.10 bits per heavy atom. The molecule has 0 radical (unpaired) electrons. The molecule has 0 saturated carbocycles. The third kappa shape index (κ3) is 2.71. The summed E-state index contributed by atoms with van der Waals surface area (Å²) in [5.74, 6) is -0.853. The average molecular weight is 273 g/mol. The standard InChI is InChI=1S/C15H19N3O2/c1-9(5-14(19)20)12-6-13(8-16-7-12)15-10(2)17-18(4)11(15)3/h6-9H,5H2,1-4H3,(H,19,20). The lowest BCUT2D eigenvalue weighted by Crippen LogP contribution is -2.03. The van der Waals surface area contributed by atoms with Crippen LogP contribution in [0.5, 0.6) is 0 Å². The van der Waals surface area contributed by atoms with Gasteiger partial charge in [0.25, 0.3) is 0 Å². The number of hydrogen-bond acceptors (Lipinski definition) is 3. The van der Waals surface area contributed by atoms with E-state index in [-0.39, 0.29) is 12.3 Å². The summed E-state index contributed by atoms with van der Waals surface area (Å²) < 4.78 is 1.85. The first-order chi connectivity index (χ1) is 9.40. The number of carbonyl (C=O) groups is 1. The predicted molar refractivity (Wildman–Crippen MR) is 76.6 cm³/mol. The van der Waals surface area contributed by atoms with Gasteiger partial charge in [-0.2, -0.15) is 5.10 Å². The van der Waals surface area contributed by atoms with Crippen molar-refractivity contribution in [2.45, 2.75) is 33.1 Å². The second-order valence-corrected chi connectivity index (χ2v) is 5.18. The van der Waals surface area contributed by atoms with E-state index in [0.717, 1.165) is 28.1 Å². The number of rotatable bonds is 4. The number of pyridine rings is 1. The van der Waals surface area contributed by atoms with Gasteiger partial charge in [0, 0.05) is 36.3 Å². The number of carboxylic acids is 1. The highest BCUT2D eigenvalue weighted by molar-refractivity contribution is 5.70. The SMILES string of the molecule is Cc1nn(C)c(C)c1-c1cncc(C(C)CC(=O)O)c1. The largest absolute Gasteiger partial charge is 0.481 e. The van der Waals surface area contributed by atoms with Gasteiger partial charge in [0.15, 0.2) is 0 Å². The molecule has 1 unspecified atom stereocenters. The molecule has 2 aromatic heterocycles. The molecular weight excluding hydrogens is 254 g/mol. The normalized spacial score (nSPS) is 12.4. The maximum Gasteiger partial charge on any atom is 0.303 e. The van der Waals surface area contributed by atoms with E-state index in [2.05, 4.69) is 10.1 Å². The summed E-state index contributed by atoms with van der Waals surface area (Å²) in [5.41, 5.74) is 5.03. The summed E-state index contributed by atoms with van der Waals surface area (Å²) in [5, 5.41) is 13.3. The minimum absolute atomic E-state index is 0.0581. The lowest BCUT2D eigenvalue weighted by Gasteiger charge is -2.10. The van der Waals surface area contributed by atoms with Crippen molar-refractivity contribution < 1.29 is 9.90 Å². The monoisotopic (exact) mass is 273 g/mol. The summed E-state index contributed by atoms with van der Waals surface area (Å²) in [6.45, 7) is 5.89. The van der Waals surface area contributed by atoms with E-state index in [1.54, 1.807) is 12.4 Å². The molecule has 0 aliphatic carbocycles. The molecule has 0 amide bonds. The van der Waals surface area contributed by atoms with E-state index >= 15 is 0 Å². The van der Waals surface area contributed by atoms with Crippen LogP contribution in [0.25, 0.3) is 11.1 Å². The van der Waals surface area contributed by atoms with Crippen molar-refractivity contribution >= 4 is 5.97 Å². The van der Waals surface area contributed by atoms with Crippen LogP contribution in [0.15, 0.2) is 18.5 Å². The number of nitrogens with zero attached hydrogens (tertiary/aromatic N) is 3. The average Bonchev–Trinajstić information content (AvgIpc) is 2.62. The van der Waals surface area contributed by atoms with Crippen LogP contribution in [0.2, 0.25) is 0 Å². The van der Waals surface area contributed by atoms with Crippen LogP contribution >= 0.6 is 0 Å². The lowest BCUT2D eigenvalue weighted by atomic mass is 9.96. The Bertz CT molecular complexity index is 647. The van der Waals surface area contributed by atoms with Crippen molar-refractivity contribution in [3.05, 3.63) is 35.4 Å². The molecule has 1 N–H and O–H groups in total. The van der Waals surface area contributed by atoms with Crippen LogP contribution in [-0.4, -0.2) is 25.8 Å². The molecule has 1 atom stereocenters. The Kier molecular flexibility index (Phi) is 3.88. The molecular formula is C15H19N3O2. The highest BCUT2D eigenvalue weighted by atomic mass is 16.4. The molecule has 2 aromatic rings. The summed E-state index contributed by atoms with van der Waals surface area (Å²) >= 11 is 0. The van der Waals surface area contributed by atoms with Gasteiger partial charge in [-0.05, 0) is 31.4 Å². The zero-order valence-electron chi connectivity index (χ0n) is 12.2. The van der Waals surface area contributed by atoms with Gasteiger partial charge in [0.05, 0.1) is 12.1 Å². The fourth-order valence-corrected chi connectivity index (χ4v) is 2.44. The van der Waals surface area contributed by atoms with Crippen molar-refractivity contribution in [1.82, 2.24) is 14.8 Å². The molecule has 0 saturated heterocycles. The molecule has 106 valence electrons. The summed E-state index contributed by atoms with van der Waals surface area (Å²) in [6.07, 6.45) is 3.64. The Balaban J connectivity index is 2.42. The Morgan fingerprint density at radius 3 is 2.65 bits per heavy atom. The van der Waals surface area contributed by atoms with E-state index in [4.69, 9.17) is 5.11 Å². The third-order valence-corrected chi connectivity index (χ3v) is 3.61. The van der Waals surface area contributed by atoms with Crippen LogP contribution < -0.4 is 0 Å². The van der Waals surface area contributed by atoms with Crippen LogP contribution in [0.4, 0.5) is 0 Å². The van der Waals surface area contributed by atoms with Crippen molar-refractivity contribution in [2.24, 2.45) is 7.05 Å². The zero-order valence-corrected chi connectivity index (χ0v) is 12.2. The number of aryl methyl sites for hydroxylation is 2. The van der Waals surface area contributed by atoms with E-state index in [1.165, 1.54) is 0 Å². The third-order valence-electron chi connectivity index (χ3n) is 3.61. The first kappa shape index (κ1) is 14.2. The van der Waals surface area contributed by atoms with Crippen LogP contribution in [0, 0.1) is 13.8 Å². The molecule has 5 heteroatoms. The van der Waals surface area contributed by atoms with Crippen molar-refractivity contribution in [2.75, 3.05) is 0 Å². The van der Waals surface area contributed by atoms with Gasteiger partial charge in [-0.25, -0.2) is 0 Å². The van der Waals surface area contributed by atoms with Crippen molar-refractivity contribution in [1.29, 1.82) is 0 Å². The van der Waals surface area contributed by atoms with Gasteiger partial charge in [-0.15, -0.1) is 0 Å². The molecule has 0 aromatic carbocycles. The van der Waals surface area contributed by atoms with E-state index in [1.807, 2.05) is 38.6 Å². The lowest BCUT2D eigenvalue weighted by molar-refractivity contribution is -0.137. The van der Waals surface area contributed by atoms with Crippen LogP contribution in [-0.2, 0) is 11.8 Å². The van der Waals surface area contributed by atoms with Gasteiger partial charge < -0.3 is 5.11 Å². The minimum Gasteiger partial charge on any atom is -0.481 e. The summed E-state index contributed by atoms with van der Waals surface area (Å²) in [7, 11) is 1.91. The molecule has 0 aliphatic rings. The number of carboxylic acid groups (broad SMARTS) is 1.